The molecule has 0 amide bonds. The van der Waals surface area contributed by atoms with Crippen molar-refractivity contribution in [2.45, 2.75) is 13.3 Å². The van der Waals surface area contributed by atoms with E-state index in [1.807, 2.05) is 6.92 Å². The van der Waals surface area contributed by atoms with Gasteiger partial charge < -0.3 is 15.0 Å². The Balaban J connectivity index is 1.92. The number of aryl methyl sites for hydroxylation is 1. The van der Waals surface area contributed by atoms with E-state index in [0.717, 1.165) is 28.7 Å². The Hall–Kier alpha value is -1.89. The molecule has 0 unspecified atom stereocenters. The zero-order valence-electron chi connectivity index (χ0n) is 10.2. The Labute approximate surface area is 108 Å². The van der Waals surface area contributed by atoms with Crippen molar-refractivity contribution in [3.63, 3.8) is 0 Å². The van der Waals surface area contributed by atoms with E-state index >= 15 is 0 Å². The minimum Gasteiger partial charge on any atom is -0.464 e. The molecule has 0 saturated carbocycles. The molecular formula is C11H14N4O2S. The minimum absolute atomic E-state index is 0.381. The van der Waals surface area contributed by atoms with E-state index in [-0.39, 0.29) is 0 Å². The van der Waals surface area contributed by atoms with Crippen molar-refractivity contribution in [2.75, 3.05) is 19.0 Å². The van der Waals surface area contributed by atoms with Gasteiger partial charge in [-0.3, -0.25) is 0 Å². The number of rotatable bonds is 5. The standard InChI is InChI=1S/C11H14N4O2S/c1-7-9(10(16)17-2)15-11(18-7)13-4-3-8-5-12-6-14-8/h5-6H,3-4H2,1-2H3,(H,12,14)(H,13,15). The zero-order valence-corrected chi connectivity index (χ0v) is 11.0. The van der Waals surface area contributed by atoms with Crippen molar-refractivity contribution in [2.24, 2.45) is 0 Å². The number of aromatic nitrogens is 3. The molecule has 0 atom stereocenters. The average Bonchev–Trinajstić information content (AvgIpc) is 2.98. The smallest absolute Gasteiger partial charge is 0.357 e. The van der Waals surface area contributed by atoms with Crippen molar-refractivity contribution in [3.8, 4) is 0 Å². The maximum Gasteiger partial charge on any atom is 0.357 e. The topological polar surface area (TPSA) is 79.9 Å². The van der Waals surface area contributed by atoms with Gasteiger partial charge in [0.1, 0.15) is 0 Å². The van der Waals surface area contributed by atoms with Crippen LogP contribution in [0.1, 0.15) is 21.1 Å². The molecule has 0 aromatic carbocycles. The van der Waals surface area contributed by atoms with Crippen molar-refractivity contribution >= 4 is 22.4 Å². The van der Waals surface area contributed by atoms with Crippen molar-refractivity contribution in [3.05, 3.63) is 28.8 Å². The number of nitrogens with one attached hydrogen (secondary N) is 2. The minimum atomic E-state index is -0.398. The van der Waals surface area contributed by atoms with Gasteiger partial charge in [-0.15, -0.1) is 11.3 Å². The maximum atomic E-state index is 11.4. The first-order chi connectivity index (χ1) is 8.70. The summed E-state index contributed by atoms with van der Waals surface area (Å²) in [7, 11) is 1.35. The molecule has 0 saturated heterocycles. The van der Waals surface area contributed by atoms with Crippen LogP contribution in [0.15, 0.2) is 12.5 Å². The molecule has 0 radical (unpaired) electrons. The predicted octanol–water partition coefficient (Wildman–Crippen LogP) is 1.62. The van der Waals surface area contributed by atoms with E-state index in [0.29, 0.717) is 5.69 Å². The first-order valence-electron chi connectivity index (χ1n) is 5.47. The highest BCUT2D eigenvalue weighted by atomic mass is 32.1. The van der Waals surface area contributed by atoms with Crippen LogP contribution in [0.25, 0.3) is 0 Å². The average molecular weight is 266 g/mol. The quantitative estimate of drug-likeness (QED) is 0.804. The van der Waals surface area contributed by atoms with Crippen LogP contribution >= 0.6 is 11.3 Å². The fourth-order valence-electron chi connectivity index (χ4n) is 1.48. The highest BCUT2D eigenvalue weighted by Crippen LogP contribution is 2.22. The molecule has 0 aliphatic heterocycles. The molecule has 2 rings (SSSR count). The number of esters is 1. The van der Waals surface area contributed by atoms with Crippen LogP contribution in [0.5, 0.6) is 0 Å². The van der Waals surface area contributed by atoms with Gasteiger partial charge in [-0.05, 0) is 6.92 Å². The Morgan fingerprint density at radius 3 is 3.11 bits per heavy atom. The number of hydrogen-bond donors (Lipinski definition) is 2. The molecular weight excluding hydrogens is 252 g/mol. The summed E-state index contributed by atoms with van der Waals surface area (Å²) in [4.78, 5) is 23.4. The van der Waals surface area contributed by atoms with Gasteiger partial charge in [0.05, 0.1) is 13.4 Å². The number of ether oxygens (including phenoxy) is 1. The molecule has 6 nitrogen and oxygen atoms in total. The Bertz CT molecular complexity index is 521. The van der Waals surface area contributed by atoms with Gasteiger partial charge in [0.25, 0.3) is 0 Å². The summed E-state index contributed by atoms with van der Waals surface area (Å²) < 4.78 is 4.66. The van der Waals surface area contributed by atoms with E-state index in [2.05, 4.69) is 25.0 Å². The van der Waals surface area contributed by atoms with Crippen LogP contribution in [-0.2, 0) is 11.2 Å². The Kier molecular flexibility index (Phi) is 3.93. The first-order valence-corrected chi connectivity index (χ1v) is 6.29. The lowest BCUT2D eigenvalue weighted by atomic mass is 10.3. The fraction of sp³-hybridized carbons (Fsp3) is 0.364. The maximum absolute atomic E-state index is 11.4. The van der Waals surface area contributed by atoms with Crippen LogP contribution < -0.4 is 5.32 Å². The number of hydrogen-bond acceptors (Lipinski definition) is 6. The summed E-state index contributed by atoms with van der Waals surface area (Å²) in [6.07, 6.45) is 4.26. The largest absolute Gasteiger partial charge is 0.464 e. The molecule has 0 bridgehead atoms. The number of H-pyrrole nitrogens is 1. The van der Waals surface area contributed by atoms with Crippen LogP contribution in [0.3, 0.4) is 0 Å². The van der Waals surface area contributed by atoms with E-state index in [1.165, 1.54) is 18.4 Å². The molecule has 2 heterocycles. The van der Waals surface area contributed by atoms with Crippen molar-refractivity contribution in [1.29, 1.82) is 0 Å². The molecule has 2 N–H and O–H groups in total. The van der Waals surface area contributed by atoms with Crippen molar-refractivity contribution < 1.29 is 9.53 Å². The second-order valence-corrected chi connectivity index (χ2v) is 4.87. The molecule has 96 valence electrons. The van der Waals surface area contributed by atoms with Gasteiger partial charge >= 0.3 is 5.97 Å². The number of anilines is 1. The monoisotopic (exact) mass is 266 g/mol. The lowest BCUT2D eigenvalue weighted by Gasteiger charge is -2.00. The zero-order chi connectivity index (χ0) is 13.0. The number of carbonyl (C=O) groups is 1. The molecule has 0 fully saturated rings. The van der Waals surface area contributed by atoms with Crippen LogP contribution in [0.4, 0.5) is 5.13 Å². The summed E-state index contributed by atoms with van der Waals surface area (Å²) in [5, 5.41) is 3.90. The molecule has 2 aromatic rings. The fourth-order valence-corrected chi connectivity index (χ4v) is 2.31. The second-order valence-electron chi connectivity index (χ2n) is 3.67. The summed E-state index contributed by atoms with van der Waals surface area (Å²) in [5.74, 6) is -0.398. The third-order valence-corrected chi connectivity index (χ3v) is 3.33. The number of nitrogens with zero attached hydrogens (tertiary/aromatic N) is 2. The number of methoxy groups -OCH3 is 1. The lowest BCUT2D eigenvalue weighted by Crippen LogP contribution is -2.06. The molecule has 2 aromatic heterocycles. The van der Waals surface area contributed by atoms with Gasteiger partial charge in [0.2, 0.25) is 0 Å². The van der Waals surface area contributed by atoms with Crippen LogP contribution in [0, 0.1) is 6.92 Å². The number of thiazole rings is 1. The van der Waals surface area contributed by atoms with Gasteiger partial charge in [-0.25, -0.2) is 14.8 Å². The second kappa shape index (κ2) is 5.63. The van der Waals surface area contributed by atoms with E-state index in [4.69, 9.17) is 0 Å². The lowest BCUT2D eigenvalue weighted by molar-refractivity contribution is 0.0594. The summed E-state index contributed by atoms with van der Waals surface area (Å²) >= 11 is 1.45. The molecule has 0 aliphatic rings. The Morgan fingerprint density at radius 1 is 1.61 bits per heavy atom. The summed E-state index contributed by atoms with van der Waals surface area (Å²) in [5.41, 5.74) is 1.44. The molecule has 0 aliphatic carbocycles. The van der Waals surface area contributed by atoms with E-state index < -0.39 is 5.97 Å². The normalized spacial score (nSPS) is 10.3. The van der Waals surface area contributed by atoms with Gasteiger partial charge in [-0.1, -0.05) is 0 Å². The van der Waals surface area contributed by atoms with Gasteiger partial charge in [0, 0.05) is 29.7 Å². The van der Waals surface area contributed by atoms with Crippen LogP contribution in [0.2, 0.25) is 0 Å². The number of imidazole rings is 1. The van der Waals surface area contributed by atoms with Crippen LogP contribution in [-0.4, -0.2) is 34.6 Å². The van der Waals surface area contributed by atoms with Crippen molar-refractivity contribution in [1.82, 2.24) is 15.0 Å². The third kappa shape index (κ3) is 2.86. The predicted molar refractivity (Wildman–Crippen MR) is 69.0 cm³/mol. The van der Waals surface area contributed by atoms with Gasteiger partial charge in [-0.2, -0.15) is 0 Å². The van der Waals surface area contributed by atoms with Gasteiger partial charge in [0.15, 0.2) is 10.8 Å². The molecule has 18 heavy (non-hydrogen) atoms. The number of carbonyl (C=O) groups excluding carboxylic acids is 1. The molecule has 7 heteroatoms. The summed E-state index contributed by atoms with van der Waals surface area (Å²) in [6, 6.07) is 0. The highest BCUT2D eigenvalue weighted by molar-refractivity contribution is 7.15. The first kappa shape index (κ1) is 12.6. The Morgan fingerprint density at radius 2 is 2.44 bits per heavy atom. The third-order valence-electron chi connectivity index (χ3n) is 2.40. The number of aromatic amines is 1. The highest BCUT2D eigenvalue weighted by Gasteiger charge is 2.15. The summed E-state index contributed by atoms with van der Waals surface area (Å²) in [6.45, 7) is 2.58. The van der Waals surface area contributed by atoms with E-state index in [1.54, 1.807) is 12.5 Å². The molecule has 0 spiro atoms. The SMILES string of the molecule is COC(=O)c1nc(NCCc2cnc[nH]2)sc1C. The van der Waals surface area contributed by atoms with E-state index in [9.17, 15) is 4.79 Å².